The molecule has 0 bridgehead atoms. The van der Waals surface area contributed by atoms with E-state index in [2.05, 4.69) is 15.4 Å². The Morgan fingerprint density at radius 2 is 2.44 bits per heavy atom. The highest BCUT2D eigenvalue weighted by atomic mass is 19.1. The summed E-state index contributed by atoms with van der Waals surface area (Å²) in [6, 6.07) is 0.229. The van der Waals surface area contributed by atoms with Crippen molar-refractivity contribution in [2.45, 2.75) is 31.7 Å². The minimum absolute atomic E-state index is 0.159. The summed E-state index contributed by atoms with van der Waals surface area (Å²) in [7, 11) is 0. The van der Waals surface area contributed by atoms with Crippen LogP contribution in [-0.4, -0.2) is 34.3 Å². The van der Waals surface area contributed by atoms with E-state index in [1.54, 1.807) is 0 Å². The van der Waals surface area contributed by atoms with E-state index in [-0.39, 0.29) is 18.6 Å². The van der Waals surface area contributed by atoms with Crippen molar-refractivity contribution in [3.05, 3.63) is 12.0 Å². The molecule has 0 aliphatic carbocycles. The molecule has 1 aliphatic heterocycles. The Bertz CT molecular complexity index is 403. The lowest BCUT2D eigenvalue weighted by atomic mass is 10.1. The van der Waals surface area contributed by atoms with Gasteiger partial charge in [0.1, 0.15) is 0 Å². The molecule has 0 spiro atoms. The SMILES string of the molecule is NNc1ncc(F)c(N2CCCC2CCCO)n1. The van der Waals surface area contributed by atoms with Crippen LogP contribution in [0.1, 0.15) is 25.7 Å². The van der Waals surface area contributed by atoms with E-state index >= 15 is 0 Å². The number of hydrazine groups is 1. The molecule has 2 rings (SSSR count). The highest BCUT2D eigenvalue weighted by Crippen LogP contribution is 2.28. The number of anilines is 2. The summed E-state index contributed by atoms with van der Waals surface area (Å²) in [5, 5.41) is 8.88. The lowest BCUT2D eigenvalue weighted by Crippen LogP contribution is -2.31. The molecule has 1 atom stereocenters. The number of hydrogen-bond acceptors (Lipinski definition) is 6. The zero-order valence-electron chi connectivity index (χ0n) is 10.1. The van der Waals surface area contributed by atoms with Crippen LogP contribution in [0.25, 0.3) is 0 Å². The minimum atomic E-state index is -0.440. The molecule has 1 saturated heterocycles. The first-order valence-electron chi connectivity index (χ1n) is 6.13. The molecule has 0 amide bonds. The quantitative estimate of drug-likeness (QED) is 0.529. The Morgan fingerprint density at radius 1 is 1.61 bits per heavy atom. The molecule has 7 heteroatoms. The lowest BCUT2D eigenvalue weighted by molar-refractivity contribution is 0.279. The molecule has 1 aromatic heterocycles. The van der Waals surface area contributed by atoms with E-state index in [4.69, 9.17) is 10.9 Å². The molecule has 6 nitrogen and oxygen atoms in total. The number of nitrogens with two attached hydrogens (primary N) is 1. The van der Waals surface area contributed by atoms with Gasteiger partial charge in [-0.2, -0.15) is 4.98 Å². The maximum absolute atomic E-state index is 13.8. The number of rotatable bonds is 5. The Morgan fingerprint density at radius 3 is 3.17 bits per heavy atom. The van der Waals surface area contributed by atoms with Crippen molar-refractivity contribution in [1.29, 1.82) is 0 Å². The van der Waals surface area contributed by atoms with E-state index in [1.807, 2.05) is 4.90 Å². The predicted molar refractivity (Wildman–Crippen MR) is 66.5 cm³/mol. The smallest absolute Gasteiger partial charge is 0.239 e. The van der Waals surface area contributed by atoms with Gasteiger partial charge in [0.25, 0.3) is 0 Å². The van der Waals surface area contributed by atoms with Crippen molar-refractivity contribution in [2.24, 2.45) is 5.84 Å². The molecule has 1 aliphatic rings. The molecule has 0 aromatic carbocycles. The summed E-state index contributed by atoms with van der Waals surface area (Å²) >= 11 is 0. The summed E-state index contributed by atoms with van der Waals surface area (Å²) in [6.45, 7) is 0.931. The lowest BCUT2D eigenvalue weighted by Gasteiger charge is -2.26. The number of halogens is 1. The van der Waals surface area contributed by atoms with Crippen molar-refractivity contribution in [3.8, 4) is 0 Å². The molecule has 1 fully saturated rings. The normalized spacial score (nSPS) is 19.3. The van der Waals surface area contributed by atoms with E-state index in [0.717, 1.165) is 38.4 Å². The summed E-state index contributed by atoms with van der Waals surface area (Å²) < 4.78 is 13.8. The van der Waals surface area contributed by atoms with E-state index in [9.17, 15) is 4.39 Å². The van der Waals surface area contributed by atoms with Crippen LogP contribution in [0.15, 0.2) is 6.20 Å². The van der Waals surface area contributed by atoms with Gasteiger partial charge in [0, 0.05) is 19.2 Å². The van der Waals surface area contributed by atoms with Crippen molar-refractivity contribution in [2.75, 3.05) is 23.5 Å². The molecule has 18 heavy (non-hydrogen) atoms. The number of hydrogen-bond donors (Lipinski definition) is 3. The third-order valence-corrected chi connectivity index (χ3v) is 3.20. The topological polar surface area (TPSA) is 87.3 Å². The largest absolute Gasteiger partial charge is 0.396 e. The summed E-state index contributed by atoms with van der Waals surface area (Å²) in [6.07, 6.45) is 4.68. The predicted octanol–water partition coefficient (Wildman–Crippen LogP) is 0.643. The summed E-state index contributed by atoms with van der Waals surface area (Å²) in [5.74, 6) is 5.29. The van der Waals surface area contributed by atoms with Gasteiger partial charge in [-0.25, -0.2) is 15.2 Å². The molecule has 1 unspecified atom stereocenters. The van der Waals surface area contributed by atoms with Gasteiger partial charge in [0.05, 0.1) is 6.20 Å². The number of aliphatic hydroxyl groups is 1. The first kappa shape index (κ1) is 13.0. The maximum atomic E-state index is 13.8. The second kappa shape index (κ2) is 5.92. The van der Waals surface area contributed by atoms with E-state index in [1.165, 1.54) is 0 Å². The maximum Gasteiger partial charge on any atom is 0.239 e. The number of nitrogens with zero attached hydrogens (tertiary/aromatic N) is 3. The average Bonchev–Trinajstić information content (AvgIpc) is 2.85. The summed E-state index contributed by atoms with van der Waals surface area (Å²) in [4.78, 5) is 9.74. The van der Waals surface area contributed by atoms with Gasteiger partial charge in [-0.15, -0.1) is 0 Å². The standard InChI is InChI=1S/C11H18FN5O/c12-9-7-14-11(16-13)15-10(9)17-5-1-3-8(17)4-2-6-18/h7-8,18H,1-6,13H2,(H,14,15,16). The van der Waals surface area contributed by atoms with Crippen molar-refractivity contribution < 1.29 is 9.50 Å². The monoisotopic (exact) mass is 255 g/mol. The van der Waals surface area contributed by atoms with Crippen molar-refractivity contribution >= 4 is 11.8 Å². The van der Waals surface area contributed by atoms with Gasteiger partial charge in [-0.1, -0.05) is 0 Å². The number of nitrogen functional groups attached to an aromatic ring is 1. The fourth-order valence-corrected chi connectivity index (χ4v) is 2.37. The Labute approximate surface area is 105 Å². The fourth-order valence-electron chi connectivity index (χ4n) is 2.37. The fraction of sp³-hybridized carbons (Fsp3) is 0.636. The molecular weight excluding hydrogens is 237 g/mol. The number of aliphatic hydroxyl groups excluding tert-OH is 1. The Hall–Kier alpha value is -1.47. The minimum Gasteiger partial charge on any atom is -0.396 e. The third kappa shape index (κ3) is 2.68. The first-order chi connectivity index (χ1) is 8.76. The zero-order valence-corrected chi connectivity index (χ0v) is 10.1. The van der Waals surface area contributed by atoms with Crippen molar-refractivity contribution in [1.82, 2.24) is 9.97 Å². The highest BCUT2D eigenvalue weighted by Gasteiger charge is 2.27. The van der Waals surface area contributed by atoms with Crippen LogP contribution in [0.4, 0.5) is 16.2 Å². The van der Waals surface area contributed by atoms with Gasteiger partial charge in [-0.05, 0) is 25.7 Å². The molecule has 1 aromatic rings. The number of aromatic nitrogens is 2. The van der Waals surface area contributed by atoms with Crippen LogP contribution in [0.3, 0.4) is 0 Å². The van der Waals surface area contributed by atoms with Crippen LogP contribution in [0.2, 0.25) is 0 Å². The van der Waals surface area contributed by atoms with Gasteiger partial charge in [0.2, 0.25) is 5.95 Å². The molecule has 0 radical (unpaired) electrons. The van der Waals surface area contributed by atoms with Crippen LogP contribution < -0.4 is 16.2 Å². The Kier molecular flexibility index (Phi) is 4.27. The van der Waals surface area contributed by atoms with Crippen LogP contribution in [0, 0.1) is 5.82 Å². The molecular formula is C11H18FN5O. The van der Waals surface area contributed by atoms with Crippen LogP contribution >= 0.6 is 0 Å². The van der Waals surface area contributed by atoms with E-state index in [0.29, 0.717) is 5.82 Å². The second-order valence-corrected chi connectivity index (χ2v) is 4.36. The summed E-state index contributed by atoms with van der Waals surface area (Å²) in [5.41, 5.74) is 2.32. The second-order valence-electron chi connectivity index (χ2n) is 4.36. The molecule has 2 heterocycles. The average molecular weight is 255 g/mol. The van der Waals surface area contributed by atoms with Gasteiger partial charge in [-0.3, -0.25) is 5.43 Å². The van der Waals surface area contributed by atoms with Gasteiger partial charge in [0.15, 0.2) is 11.6 Å². The number of nitrogens with one attached hydrogen (secondary N) is 1. The third-order valence-electron chi connectivity index (χ3n) is 3.20. The first-order valence-corrected chi connectivity index (χ1v) is 6.13. The molecule has 0 saturated carbocycles. The highest BCUT2D eigenvalue weighted by molar-refractivity contribution is 5.45. The molecule has 4 N–H and O–H groups in total. The zero-order chi connectivity index (χ0) is 13.0. The molecule has 100 valence electrons. The van der Waals surface area contributed by atoms with Crippen LogP contribution in [0.5, 0.6) is 0 Å². The van der Waals surface area contributed by atoms with Gasteiger partial charge >= 0.3 is 0 Å². The van der Waals surface area contributed by atoms with Gasteiger partial charge < -0.3 is 10.0 Å². The van der Waals surface area contributed by atoms with E-state index < -0.39 is 5.82 Å². The van der Waals surface area contributed by atoms with Crippen LogP contribution in [-0.2, 0) is 0 Å². The van der Waals surface area contributed by atoms with Crippen molar-refractivity contribution in [3.63, 3.8) is 0 Å². The Balaban J connectivity index is 2.18.